The van der Waals surface area contributed by atoms with Crippen LogP contribution in [0.4, 0.5) is 8.78 Å². The fourth-order valence-corrected chi connectivity index (χ4v) is 2.39. The molecule has 1 amide bonds. The van der Waals surface area contributed by atoms with Gasteiger partial charge in [-0.2, -0.15) is 0 Å². The molecule has 0 radical (unpaired) electrons. The summed E-state index contributed by atoms with van der Waals surface area (Å²) in [5.41, 5.74) is 5.82. The molecule has 0 aliphatic carbocycles. The van der Waals surface area contributed by atoms with Crippen molar-refractivity contribution in [2.24, 2.45) is 11.7 Å². The Bertz CT molecular complexity index is 470. The summed E-state index contributed by atoms with van der Waals surface area (Å²) in [6, 6.07) is 4.05. The predicted molar refractivity (Wildman–Crippen MR) is 75.7 cm³/mol. The normalized spacial score (nSPS) is 17.9. The molecular formula is C14H19ClF2N2O. The maximum absolute atomic E-state index is 13.4. The summed E-state index contributed by atoms with van der Waals surface area (Å²) in [5, 5.41) is 0. The van der Waals surface area contributed by atoms with E-state index in [1.807, 2.05) is 0 Å². The van der Waals surface area contributed by atoms with Crippen LogP contribution in [0.25, 0.3) is 0 Å². The van der Waals surface area contributed by atoms with Crippen LogP contribution < -0.4 is 5.73 Å². The van der Waals surface area contributed by atoms with Crippen molar-refractivity contribution in [1.82, 2.24) is 4.90 Å². The van der Waals surface area contributed by atoms with E-state index in [0.29, 0.717) is 25.6 Å². The summed E-state index contributed by atoms with van der Waals surface area (Å²) in [4.78, 5) is 13.7. The number of amides is 1. The Labute approximate surface area is 123 Å². The van der Waals surface area contributed by atoms with Crippen LogP contribution in [0.5, 0.6) is 0 Å². The number of nitrogens with two attached hydrogens (primary N) is 1. The van der Waals surface area contributed by atoms with Gasteiger partial charge in [0, 0.05) is 19.5 Å². The van der Waals surface area contributed by atoms with Gasteiger partial charge in [-0.1, -0.05) is 12.1 Å². The Morgan fingerprint density at radius 1 is 1.40 bits per heavy atom. The summed E-state index contributed by atoms with van der Waals surface area (Å²) in [6.45, 7) is 1.98. The van der Waals surface area contributed by atoms with Gasteiger partial charge in [-0.15, -0.1) is 12.4 Å². The van der Waals surface area contributed by atoms with Crippen molar-refractivity contribution in [3.8, 4) is 0 Å². The summed E-state index contributed by atoms with van der Waals surface area (Å²) in [6.07, 6.45) is 1.36. The minimum atomic E-state index is -0.866. The second-order valence-corrected chi connectivity index (χ2v) is 4.94. The van der Waals surface area contributed by atoms with E-state index in [0.717, 1.165) is 12.5 Å². The first-order valence-corrected chi connectivity index (χ1v) is 6.52. The van der Waals surface area contributed by atoms with Gasteiger partial charge in [0.15, 0.2) is 11.6 Å². The Kier molecular flexibility index (Phi) is 6.36. The molecule has 1 aliphatic rings. The summed E-state index contributed by atoms with van der Waals surface area (Å²) in [5.74, 6) is -1.36. The third-order valence-electron chi connectivity index (χ3n) is 3.61. The van der Waals surface area contributed by atoms with Crippen LogP contribution in [0.3, 0.4) is 0 Å². The van der Waals surface area contributed by atoms with Crippen molar-refractivity contribution >= 4 is 18.3 Å². The maximum Gasteiger partial charge on any atom is 0.222 e. The monoisotopic (exact) mass is 304 g/mol. The Morgan fingerprint density at radius 2 is 2.15 bits per heavy atom. The molecule has 1 saturated heterocycles. The summed E-state index contributed by atoms with van der Waals surface area (Å²) >= 11 is 0. The number of rotatable bonds is 4. The first-order chi connectivity index (χ1) is 9.11. The topological polar surface area (TPSA) is 46.3 Å². The Morgan fingerprint density at radius 3 is 2.80 bits per heavy atom. The van der Waals surface area contributed by atoms with E-state index in [1.54, 1.807) is 4.90 Å². The highest BCUT2D eigenvalue weighted by Gasteiger charge is 2.25. The smallest absolute Gasteiger partial charge is 0.222 e. The van der Waals surface area contributed by atoms with Crippen molar-refractivity contribution in [1.29, 1.82) is 0 Å². The number of carbonyl (C=O) groups is 1. The molecule has 0 bridgehead atoms. The lowest BCUT2D eigenvalue weighted by Gasteiger charge is -2.16. The van der Waals surface area contributed by atoms with Gasteiger partial charge in [-0.3, -0.25) is 4.79 Å². The Hall–Kier alpha value is -1.20. The molecule has 2 N–H and O–H groups in total. The number of likely N-dealkylation sites (tertiary alicyclic amines) is 1. The quantitative estimate of drug-likeness (QED) is 0.926. The van der Waals surface area contributed by atoms with E-state index in [9.17, 15) is 13.6 Å². The molecule has 1 heterocycles. The lowest BCUT2D eigenvalue weighted by Crippen LogP contribution is -2.30. The van der Waals surface area contributed by atoms with E-state index in [1.165, 1.54) is 12.1 Å². The zero-order valence-electron chi connectivity index (χ0n) is 11.1. The average Bonchev–Trinajstić information content (AvgIpc) is 2.89. The molecule has 0 aromatic heterocycles. The van der Waals surface area contributed by atoms with Gasteiger partial charge in [0.25, 0.3) is 0 Å². The fraction of sp³-hybridized carbons (Fsp3) is 0.500. The van der Waals surface area contributed by atoms with Gasteiger partial charge in [0.2, 0.25) is 5.91 Å². The number of nitrogens with zero attached hydrogens (tertiary/aromatic N) is 1. The standard InChI is InChI=1S/C14H18F2N2O.ClH/c15-12-3-1-2-11(14(12)16)4-5-13(19)18-7-6-10(8-17)9-18;/h1-3,10H,4-9,17H2;1H. The molecule has 1 aromatic rings. The summed E-state index contributed by atoms with van der Waals surface area (Å²) < 4.78 is 26.4. The maximum atomic E-state index is 13.4. The fourth-order valence-electron chi connectivity index (χ4n) is 2.39. The van der Waals surface area contributed by atoms with Gasteiger partial charge in [-0.25, -0.2) is 8.78 Å². The number of aryl methyl sites for hydroxylation is 1. The minimum Gasteiger partial charge on any atom is -0.342 e. The average molecular weight is 305 g/mol. The van der Waals surface area contributed by atoms with Gasteiger partial charge in [-0.05, 0) is 36.9 Å². The van der Waals surface area contributed by atoms with Gasteiger partial charge in [0.1, 0.15) is 0 Å². The van der Waals surface area contributed by atoms with Crippen molar-refractivity contribution < 1.29 is 13.6 Å². The van der Waals surface area contributed by atoms with E-state index in [-0.39, 0.29) is 36.7 Å². The van der Waals surface area contributed by atoms with Crippen LogP contribution in [0.2, 0.25) is 0 Å². The minimum absolute atomic E-state index is 0. The molecule has 1 unspecified atom stereocenters. The lowest BCUT2D eigenvalue weighted by atomic mass is 10.1. The molecule has 1 fully saturated rings. The van der Waals surface area contributed by atoms with E-state index >= 15 is 0 Å². The molecule has 1 aliphatic heterocycles. The van der Waals surface area contributed by atoms with Crippen LogP contribution in [0.1, 0.15) is 18.4 Å². The number of benzene rings is 1. The van der Waals surface area contributed by atoms with Crippen LogP contribution in [0.15, 0.2) is 18.2 Å². The van der Waals surface area contributed by atoms with Gasteiger partial charge < -0.3 is 10.6 Å². The third kappa shape index (κ3) is 3.90. The van der Waals surface area contributed by atoms with E-state index in [4.69, 9.17) is 5.73 Å². The van der Waals surface area contributed by atoms with Crippen molar-refractivity contribution in [3.05, 3.63) is 35.4 Å². The molecule has 0 saturated carbocycles. The van der Waals surface area contributed by atoms with Crippen molar-refractivity contribution in [3.63, 3.8) is 0 Å². The highest BCUT2D eigenvalue weighted by atomic mass is 35.5. The Balaban J connectivity index is 0.00000200. The predicted octanol–water partition coefficient (Wildman–Crippen LogP) is 2.13. The molecular weight excluding hydrogens is 286 g/mol. The molecule has 1 aromatic carbocycles. The number of carbonyl (C=O) groups excluding carboxylic acids is 1. The molecule has 3 nitrogen and oxygen atoms in total. The van der Waals surface area contributed by atoms with E-state index < -0.39 is 11.6 Å². The molecule has 1 atom stereocenters. The second-order valence-electron chi connectivity index (χ2n) is 4.94. The molecule has 112 valence electrons. The molecule has 20 heavy (non-hydrogen) atoms. The van der Waals surface area contributed by atoms with Crippen LogP contribution in [0, 0.1) is 17.6 Å². The van der Waals surface area contributed by atoms with E-state index in [2.05, 4.69) is 0 Å². The zero-order chi connectivity index (χ0) is 13.8. The molecule has 6 heteroatoms. The molecule has 2 rings (SSSR count). The van der Waals surface area contributed by atoms with Gasteiger partial charge >= 0.3 is 0 Å². The number of hydrogen-bond donors (Lipinski definition) is 1. The number of halogens is 3. The second kappa shape index (κ2) is 7.55. The molecule has 0 spiro atoms. The zero-order valence-corrected chi connectivity index (χ0v) is 12.0. The van der Waals surface area contributed by atoms with Crippen LogP contribution in [-0.4, -0.2) is 30.4 Å². The third-order valence-corrected chi connectivity index (χ3v) is 3.61. The number of hydrogen-bond acceptors (Lipinski definition) is 2. The lowest BCUT2D eigenvalue weighted by molar-refractivity contribution is -0.130. The first-order valence-electron chi connectivity index (χ1n) is 6.52. The summed E-state index contributed by atoms with van der Waals surface area (Å²) in [7, 11) is 0. The highest BCUT2D eigenvalue weighted by molar-refractivity contribution is 5.85. The van der Waals surface area contributed by atoms with Crippen molar-refractivity contribution in [2.75, 3.05) is 19.6 Å². The van der Waals surface area contributed by atoms with Crippen LogP contribution >= 0.6 is 12.4 Å². The van der Waals surface area contributed by atoms with Gasteiger partial charge in [0.05, 0.1) is 0 Å². The SMILES string of the molecule is Cl.NCC1CCN(C(=O)CCc2cccc(F)c2F)C1. The highest BCUT2D eigenvalue weighted by Crippen LogP contribution is 2.18. The van der Waals surface area contributed by atoms with Crippen molar-refractivity contribution in [2.45, 2.75) is 19.3 Å². The largest absolute Gasteiger partial charge is 0.342 e. The first kappa shape index (κ1) is 16.9. The van der Waals surface area contributed by atoms with Crippen LogP contribution in [-0.2, 0) is 11.2 Å².